The molecule has 4 nitrogen and oxygen atoms in total. The van der Waals surface area contributed by atoms with Crippen molar-refractivity contribution in [3.05, 3.63) is 30.0 Å². The Morgan fingerprint density at radius 2 is 2.09 bits per heavy atom. The number of nitrogens with zero attached hydrogens (tertiary/aromatic N) is 2. The van der Waals surface area contributed by atoms with Crippen LogP contribution in [0.2, 0.25) is 0 Å². The number of ether oxygens (including phenoxy) is 1. The van der Waals surface area contributed by atoms with Crippen molar-refractivity contribution in [2.24, 2.45) is 0 Å². The van der Waals surface area contributed by atoms with Crippen LogP contribution in [-0.4, -0.2) is 42.7 Å². The van der Waals surface area contributed by atoms with Gasteiger partial charge in [-0.15, -0.1) is 0 Å². The predicted octanol–water partition coefficient (Wildman–Crippen LogP) is 3.46. The van der Waals surface area contributed by atoms with Gasteiger partial charge < -0.3 is 15.0 Å². The number of rotatable bonds is 5. The lowest BCUT2D eigenvalue weighted by Crippen LogP contribution is -2.21. The van der Waals surface area contributed by atoms with Crippen molar-refractivity contribution in [2.75, 3.05) is 38.1 Å². The van der Waals surface area contributed by atoms with E-state index in [1.54, 1.807) is 0 Å². The average Bonchev–Trinajstić information content (AvgIpc) is 3.12. The van der Waals surface area contributed by atoms with Gasteiger partial charge in [-0.2, -0.15) is 0 Å². The fraction of sp³-hybridized carbons (Fsp3) is 0.526. The van der Waals surface area contributed by atoms with E-state index in [2.05, 4.69) is 33.4 Å². The smallest absolute Gasteiger partial charge is 0.121 e. The molecule has 0 bridgehead atoms. The van der Waals surface area contributed by atoms with Crippen LogP contribution in [0.5, 0.6) is 5.75 Å². The van der Waals surface area contributed by atoms with Gasteiger partial charge >= 0.3 is 0 Å². The lowest BCUT2D eigenvalue weighted by Gasteiger charge is -2.19. The molecule has 4 rings (SSSR count). The summed E-state index contributed by atoms with van der Waals surface area (Å²) < 4.78 is 5.93. The molecule has 0 radical (unpaired) electrons. The SMILES string of the molecule is c1cc2c3c(cnc2cc1OCCCN1CCCC1)CCCN3. The average molecular weight is 311 g/mol. The molecule has 23 heavy (non-hydrogen) atoms. The summed E-state index contributed by atoms with van der Waals surface area (Å²) in [5, 5.41) is 4.74. The second-order valence-electron chi connectivity index (χ2n) is 6.62. The van der Waals surface area contributed by atoms with Crippen molar-refractivity contribution in [3.63, 3.8) is 0 Å². The van der Waals surface area contributed by atoms with E-state index in [4.69, 9.17) is 4.74 Å². The van der Waals surface area contributed by atoms with Crippen LogP contribution in [0.15, 0.2) is 24.4 Å². The van der Waals surface area contributed by atoms with Gasteiger partial charge in [-0.3, -0.25) is 4.98 Å². The van der Waals surface area contributed by atoms with Crippen LogP contribution in [0.4, 0.5) is 5.69 Å². The standard InChI is InChI=1S/C19H25N3O/c1-2-10-22(9-1)11-4-12-23-16-6-7-17-18(13-16)21-14-15-5-3-8-20-19(15)17/h6-7,13-14,20H,1-5,8-12H2. The zero-order valence-corrected chi connectivity index (χ0v) is 13.7. The van der Waals surface area contributed by atoms with E-state index in [-0.39, 0.29) is 0 Å². The Morgan fingerprint density at radius 1 is 1.17 bits per heavy atom. The third-order valence-electron chi connectivity index (χ3n) is 4.93. The van der Waals surface area contributed by atoms with Gasteiger partial charge in [0, 0.05) is 36.4 Å². The number of nitrogens with one attached hydrogen (secondary N) is 1. The molecular formula is C19H25N3O. The first-order valence-electron chi connectivity index (χ1n) is 8.91. The van der Waals surface area contributed by atoms with Crippen molar-refractivity contribution >= 4 is 16.6 Å². The summed E-state index contributed by atoms with van der Waals surface area (Å²) in [4.78, 5) is 7.15. The molecule has 0 saturated carbocycles. The molecule has 1 aromatic carbocycles. The first kappa shape index (κ1) is 14.8. The number of benzene rings is 1. The molecule has 0 atom stereocenters. The first-order chi connectivity index (χ1) is 11.4. The molecule has 2 aromatic rings. The van der Waals surface area contributed by atoms with Crippen molar-refractivity contribution < 1.29 is 4.74 Å². The largest absolute Gasteiger partial charge is 0.493 e. The lowest BCUT2D eigenvalue weighted by molar-refractivity contribution is 0.263. The molecule has 2 aliphatic rings. The van der Waals surface area contributed by atoms with Gasteiger partial charge in [-0.05, 0) is 62.9 Å². The number of pyridine rings is 1. The van der Waals surface area contributed by atoms with Crippen LogP contribution in [0.3, 0.4) is 0 Å². The van der Waals surface area contributed by atoms with E-state index >= 15 is 0 Å². The number of fused-ring (bicyclic) bond motifs is 3. The van der Waals surface area contributed by atoms with E-state index < -0.39 is 0 Å². The number of anilines is 1. The molecule has 1 aromatic heterocycles. The molecule has 3 heterocycles. The highest BCUT2D eigenvalue weighted by molar-refractivity contribution is 5.93. The van der Waals surface area contributed by atoms with Crippen LogP contribution >= 0.6 is 0 Å². The molecule has 1 saturated heterocycles. The van der Waals surface area contributed by atoms with Gasteiger partial charge in [-0.1, -0.05) is 0 Å². The van der Waals surface area contributed by atoms with Crippen molar-refractivity contribution in [1.82, 2.24) is 9.88 Å². The number of likely N-dealkylation sites (tertiary alicyclic amines) is 1. The Labute approximate surface area is 137 Å². The molecule has 122 valence electrons. The third-order valence-corrected chi connectivity index (χ3v) is 4.93. The maximum Gasteiger partial charge on any atom is 0.121 e. The van der Waals surface area contributed by atoms with Crippen LogP contribution in [0, 0.1) is 0 Å². The second kappa shape index (κ2) is 6.75. The van der Waals surface area contributed by atoms with Gasteiger partial charge in [0.25, 0.3) is 0 Å². The second-order valence-corrected chi connectivity index (χ2v) is 6.62. The van der Waals surface area contributed by atoms with E-state index in [0.717, 1.165) is 43.8 Å². The van der Waals surface area contributed by atoms with Crippen LogP contribution in [-0.2, 0) is 6.42 Å². The summed E-state index contributed by atoms with van der Waals surface area (Å²) in [7, 11) is 0. The van der Waals surface area contributed by atoms with Gasteiger partial charge in [0.05, 0.1) is 12.1 Å². The summed E-state index contributed by atoms with van der Waals surface area (Å²) in [6.45, 7) is 5.52. The Morgan fingerprint density at radius 3 is 3.00 bits per heavy atom. The molecule has 1 N–H and O–H groups in total. The van der Waals surface area contributed by atoms with E-state index in [0.29, 0.717) is 0 Å². The maximum atomic E-state index is 5.93. The summed E-state index contributed by atoms with van der Waals surface area (Å²) in [6, 6.07) is 6.30. The molecular weight excluding hydrogens is 286 g/mol. The predicted molar refractivity (Wildman–Crippen MR) is 94.3 cm³/mol. The summed E-state index contributed by atoms with van der Waals surface area (Å²) >= 11 is 0. The Kier molecular flexibility index (Phi) is 4.33. The van der Waals surface area contributed by atoms with Crippen molar-refractivity contribution in [2.45, 2.75) is 32.1 Å². The number of hydrogen-bond donors (Lipinski definition) is 1. The van der Waals surface area contributed by atoms with Gasteiger partial charge in [-0.25, -0.2) is 0 Å². The van der Waals surface area contributed by atoms with E-state index in [1.165, 1.54) is 49.0 Å². The number of aryl methyl sites for hydroxylation is 1. The minimum Gasteiger partial charge on any atom is -0.493 e. The fourth-order valence-corrected chi connectivity index (χ4v) is 3.68. The Balaban J connectivity index is 1.40. The Hall–Kier alpha value is -1.81. The highest BCUT2D eigenvalue weighted by atomic mass is 16.5. The van der Waals surface area contributed by atoms with E-state index in [9.17, 15) is 0 Å². The zero-order valence-electron chi connectivity index (χ0n) is 13.7. The molecule has 0 spiro atoms. The summed E-state index contributed by atoms with van der Waals surface area (Å²) in [6.07, 6.45) is 8.14. The molecule has 4 heteroatoms. The molecule has 1 fully saturated rings. The lowest BCUT2D eigenvalue weighted by atomic mass is 10.0. The highest BCUT2D eigenvalue weighted by Gasteiger charge is 2.13. The maximum absolute atomic E-state index is 5.93. The molecule has 0 amide bonds. The number of hydrogen-bond acceptors (Lipinski definition) is 4. The molecule has 2 aliphatic heterocycles. The fourth-order valence-electron chi connectivity index (χ4n) is 3.68. The number of aromatic nitrogens is 1. The third kappa shape index (κ3) is 3.27. The van der Waals surface area contributed by atoms with Crippen molar-refractivity contribution in [3.8, 4) is 5.75 Å². The normalized spacial score (nSPS) is 17.9. The monoisotopic (exact) mass is 311 g/mol. The quantitative estimate of drug-likeness (QED) is 0.858. The van der Waals surface area contributed by atoms with Gasteiger partial charge in [0.1, 0.15) is 5.75 Å². The minimum atomic E-state index is 0.783. The minimum absolute atomic E-state index is 0.783. The van der Waals surface area contributed by atoms with Gasteiger partial charge in [0.15, 0.2) is 0 Å². The van der Waals surface area contributed by atoms with Crippen LogP contribution in [0.1, 0.15) is 31.2 Å². The summed E-state index contributed by atoms with van der Waals surface area (Å²) in [5.74, 6) is 0.933. The zero-order chi connectivity index (χ0) is 15.5. The Bertz CT molecular complexity index is 680. The topological polar surface area (TPSA) is 37.4 Å². The highest BCUT2D eigenvalue weighted by Crippen LogP contribution is 2.31. The van der Waals surface area contributed by atoms with Crippen molar-refractivity contribution in [1.29, 1.82) is 0 Å². The first-order valence-corrected chi connectivity index (χ1v) is 8.91. The van der Waals surface area contributed by atoms with E-state index in [1.807, 2.05) is 6.20 Å². The van der Waals surface area contributed by atoms with Gasteiger partial charge in [0.2, 0.25) is 0 Å². The van der Waals surface area contributed by atoms with Crippen LogP contribution < -0.4 is 10.1 Å². The summed E-state index contributed by atoms with van der Waals surface area (Å²) in [5.41, 5.74) is 3.63. The van der Waals surface area contributed by atoms with Crippen LogP contribution in [0.25, 0.3) is 10.9 Å². The molecule has 0 aliphatic carbocycles. The molecule has 0 unspecified atom stereocenters.